The molecule has 30 heavy (non-hydrogen) atoms. The standard InChI is InChI=1S/C23H22N4O3/c1-14-18(15(2)26(3)25-14)21(28)19-20(17-9-5-4-6-10-17)27(23(30)22(19)29)13-16-8-7-11-24-12-16/h4-12,20,28H,13H2,1-3H3/b21-19+. The normalized spacial score (nSPS) is 18.2. The summed E-state index contributed by atoms with van der Waals surface area (Å²) >= 11 is 0. The third-order valence-corrected chi connectivity index (χ3v) is 5.48. The van der Waals surface area contributed by atoms with Gasteiger partial charge in [0.05, 0.1) is 22.9 Å². The average molecular weight is 402 g/mol. The number of carbonyl (C=O) groups excluding carboxylic acids is 2. The lowest BCUT2D eigenvalue weighted by Gasteiger charge is -2.25. The zero-order valence-corrected chi connectivity index (χ0v) is 17.0. The molecular formula is C23H22N4O3. The molecule has 0 saturated carbocycles. The number of pyridine rings is 1. The summed E-state index contributed by atoms with van der Waals surface area (Å²) in [4.78, 5) is 31.7. The van der Waals surface area contributed by atoms with Crippen molar-refractivity contribution in [3.8, 4) is 0 Å². The topological polar surface area (TPSA) is 88.3 Å². The lowest BCUT2D eigenvalue weighted by molar-refractivity contribution is -0.140. The molecule has 1 N–H and O–H groups in total. The molecule has 7 heteroatoms. The Hall–Kier alpha value is -3.74. The van der Waals surface area contributed by atoms with Gasteiger partial charge in [0.15, 0.2) is 0 Å². The molecule has 1 fully saturated rings. The molecule has 0 aliphatic carbocycles. The Kier molecular flexibility index (Phi) is 4.95. The maximum absolute atomic E-state index is 13.1. The molecular weight excluding hydrogens is 380 g/mol. The van der Waals surface area contributed by atoms with Crippen LogP contribution in [0.5, 0.6) is 0 Å². The number of nitrogens with zero attached hydrogens (tertiary/aromatic N) is 4. The van der Waals surface area contributed by atoms with Crippen molar-refractivity contribution in [3.63, 3.8) is 0 Å². The molecule has 1 saturated heterocycles. The molecule has 1 aliphatic heterocycles. The molecule has 0 bridgehead atoms. The van der Waals surface area contributed by atoms with E-state index >= 15 is 0 Å². The summed E-state index contributed by atoms with van der Waals surface area (Å²) in [6.45, 7) is 3.79. The van der Waals surface area contributed by atoms with E-state index in [4.69, 9.17) is 0 Å². The highest BCUT2D eigenvalue weighted by atomic mass is 16.3. The largest absolute Gasteiger partial charge is 0.507 e. The van der Waals surface area contributed by atoms with Crippen LogP contribution >= 0.6 is 0 Å². The van der Waals surface area contributed by atoms with E-state index in [1.165, 1.54) is 4.90 Å². The zero-order valence-electron chi connectivity index (χ0n) is 17.0. The molecule has 1 atom stereocenters. The third-order valence-electron chi connectivity index (χ3n) is 5.48. The lowest BCUT2D eigenvalue weighted by Crippen LogP contribution is -2.29. The van der Waals surface area contributed by atoms with Crippen LogP contribution in [0.15, 0.2) is 60.4 Å². The Morgan fingerprint density at radius 1 is 1.10 bits per heavy atom. The van der Waals surface area contributed by atoms with Gasteiger partial charge >= 0.3 is 0 Å². The van der Waals surface area contributed by atoms with Gasteiger partial charge in [0, 0.05) is 31.7 Å². The van der Waals surface area contributed by atoms with Crippen molar-refractivity contribution in [1.29, 1.82) is 0 Å². The van der Waals surface area contributed by atoms with Crippen LogP contribution in [0.25, 0.3) is 5.76 Å². The number of aliphatic hydroxyl groups is 1. The van der Waals surface area contributed by atoms with Gasteiger partial charge in [-0.3, -0.25) is 19.3 Å². The van der Waals surface area contributed by atoms with Gasteiger partial charge in [-0.25, -0.2) is 0 Å². The second-order valence-corrected chi connectivity index (χ2v) is 7.37. The number of Topliss-reactive ketones (excluding diaryl/α,β-unsaturated/α-hetero) is 1. The minimum absolute atomic E-state index is 0.0780. The van der Waals surface area contributed by atoms with Gasteiger partial charge < -0.3 is 10.0 Å². The van der Waals surface area contributed by atoms with Crippen LogP contribution < -0.4 is 0 Å². The van der Waals surface area contributed by atoms with E-state index in [0.717, 1.165) is 16.8 Å². The van der Waals surface area contributed by atoms with E-state index in [1.807, 2.05) is 43.3 Å². The van der Waals surface area contributed by atoms with Gasteiger partial charge in [-0.1, -0.05) is 36.4 Å². The van der Waals surface area contributed by atoms with Crippen molar-refractivity contribution >= 4 is 17.4 Å². The predicted molar refractivity (Wildman–Crippen MR) is 111 cm³/mol. The minimum atomic E-state index is -0.703. The number of benzene rings is 1. The summed E-state index contributed by atoms with van der Waals surface area (Å²) in [6.07, 6.45) is 3.32. The van der Waals surface area contributed by atoms with Gasteiger partial charge in [0.25, 0.3) is 11.7 Å². The Bertz CT molecular complexity index is 1150. The Morgan fingerprint density at radius 3 is 2.43 bits per heavy atom. The number of aliphatic hydroxyl groups excluding tert-OH is 1. The first kappa shape index (κ1) is 19.6. The first-order chi connectivity index (χ1) is 14.4. The van der Waals surface area contributed by atoms with E-state index in [2.05, 4.69) is 10.1 Å². The summed E-state index contributed by atoms with van der Waals surface area (Å²) < 4.78 is 1.65. The van der Waals surface area contributed by atoms with Crippen LogP contribution in [0.2, 0.25) is 0 Å². The second-order valence-electron chi connectivity index (χ2n) is 7.37. The van der Waals surface area contributed by atoms with E-state index in [0.29, 0.717) is 11.3 Å². The van der Waals surface area contributed by atoms with Crippen molar-refractivity contribution in [3.05, 3.63) is 88.5 Å². The van der Waals surface area contributed by atoms with Crippen LogP contribution in [0, 0.1) is 13.8 Å². The van der Waals surface area contributed by atoms with Gasteiger partial charge in [0.2, 0.25) is 0 Å². The number of hydrogen-bond donors (Lipinski definition) is 1. The Labute approximate surface area is 174 Å². The lowest BCUT2D eigenvalue weighted by atomic mass is 9.94. The molecule has 3 aromatic rings. The quantitative estimate of drug-likeness (QED) is 0.412. The maximum Gasteiger partial charge on any atom is 0.295 e. The van der Waals surface area contributed by atoms with E-state index < -0.39 is 17.7 Å². The van der Waals surface area contributed by atoms with Gasteiger partial charge in [-0.15, -0.1) is 0 Å². The fourth-order valence-corrected chi connectivity index (χ4v) is 3.96. The monoisotopic (exact) mass is 402 g/mol. The molecule has 1 amide bonds. The fraction of sp³-hybridized carbons (Fsp3) is 0.217. The van der Waals surface area contributed by atoms with Crippen molar-refractivity contribution in [2.24, 2.45) is 7.05 Å². The highest BCUT2D eigenvalue weighted by Crippen LogP contribution is 2.41. The fourth-order valence-electron chi connectivity index (χ4n) is 3.96. The molecule has 7 nitrogen and oxygen atoms in total. The molecule has 152 valence electrons. The first-order valence-electron chi connectivity index (χ1n) is 9.63. The first-order valence-corrected chi connectivity index (χ1v) is 9.63. The molecule has 3 heterocycles. The number of hydrogen-bond acceptors (Lipinski definition) is 5. The SMILES string of the molecule is Cc1nn(C)c(C)c1/C(O)=C1\C(=O)C(=O)N(Cc2cccnc2)C1c1ccccc1. The summed E-state index contributed by atoms with van der Waals surface area (Å²) in [5, 5.41) is 15.5. The van der Waals surface area contributed by atoms with Crippen molar-refractivity contribution < 1.29 is 14.7 Å². The van der Waals surface area contributed by atoms with Crippen LogP contribution in [0.1, 0.15) is 34.1 Å². The highest BCUT2D eigenvalue weighted by Gasteiger charge is 2.46. The number of aromatic nitrogens is 3. The number of ketones is 1. The van der Waals surface area contributed by atoms with Crippen LogP contribution in [0.3, 0.4) is 0 Å². The minimum Gasteiger partial charge on any atom is -0.507 e. The molecule has 1 aromatic carbocycles. The van der Waals surface area contributed by atoms with E-state index in [1.54, 1.807) is 37.1 Å². The maximum atomic E-state index is 13.1. The Morgan fingerprint density at radius 2 is 1.83 bits per heavy atom. The van der Waals surface area contributed by atoms with Gasteiger partial charge in [0.1, 0.15) is 5.76 Å². The smallest absolute Gasteiger partial charge is 0.295 e. The third kappa shape index (κ3) is 3.18. The second kappa shape index (κ2) is 7.59. The summed E-state index contributed by atoms with van der Waals surface area (Å²) in [5.41, 5.74) is 3.43. The summed E-state index contributed by atoms with van der Waals surface area (Å²) in [7, 11) is 1.77. The van der Waals surface area contributed by atoms with Crippen LogP contribution in [0.4, 0.5) is 0 Å². The highest BCUT2D eigenvalue weighted by molar-refractivity contribution is 6.46. The zero-order chi connectivity index (χ0) is 21.4. The van der Waals surface area contributed by atoms with Crippen LogP contribution in [-0.4, -0.2) is 36.5 Å². The summed E-state index contributed by atoms with van der Waals surface area (Å²) in [5.74, 6) is -1.54. The van der Waals surface area contributed by atoms with Gasteiger partial charge in [-0.2, -0.15) is 5.10 Å². The number of aryl methyl sites for hydroxylation is 2. The van der Waals surface area contributed by atoms with Crippen molar-refractivity contribution in [2.75, 3.05) is 0 Å². The number of likely N-dealkylation sites (tertiary alicyclic amines) is 1. The average Bonchev–Trinajstić information content (AvgIpc) is 3.15. The van der Waals surface area contributed by atoms with Crippen molar-refractivity contribution in [1.82, 2.24) is 19.7 Å². The van der Waals surface area contributed by atoms with Gasteiger partial charge in [-0.05, 0) is 31.0 Å². The molecule has 2 aromatic heterocycles. The van der Waals surface area contributed by atoms with Crippen LogP contribution in [-0.2, 0) is 23.2 Å². The van der Waals surface area contributed by atoms with E-state index in [-0.39, 0.29) is 17.9 Å². The van der Waals surface area contributed by atoms with Crippen molar-refractivity contribution in [2.45, 2.75) is 26.4 Å². The molecule has 1 unspecified atom stereocenters. The summed E-state index contributed by atoms with van der Waals surface area (Å²) in [6, 6.07) is 12.2. The Balaban J connectivity index is 1.90. The molecule has 0 radical (unpaired) electrons. The number of carbonyl (C=O) groups is 2. The predicted octanol–water partition coefficient (Wildman–Crippen LogP) is 3.05. The number of rotatable bonds is 4. The molecule has 0 spiro atoms. The number of amides is 1. The molecule has 4 rings (SSSR count). The van der Waals surface area contributed by atoms with E-state index in [9.17, 15) is 14.7 Å². The molecule has 1 aliphatic rings.